The van der Waals surface area contributed by atoms with Gasteiger partial charge < -0.3 is 14.5 Å². The Morgan fingerprint density at radius 3 is 2.23 bits per heavy atom. The maximum absolute atomic E-state index is 13.0. The Morgan fingerprint density at radius 2 is 1.52 bits per heavy atom. The number of alkyl halides is 3. The van der Waals surface area contributed by atoms with Crippen molar-refractivity contribution in [3.8, 4) is 0 Å². The zero-order valence-corrected chi connectivity index (χ0v) is 22.3. The highest BCUT2D eigenvalue weighted by molar-refractivity contribution is 8.00. The van der Waals surface area contributed by atoms with Crippen LogP contribution in [0.3, 0.4) is 0 Å². The first-order chi connectivity index (χ1) is 19.3. The van der Waals surface area contributed by atoms with Crippen LogP contribution in [0.2, 0.25) is 0 Å². The topological polar surface area (TPSA) is 65.5 Å². The summed E-state index contributed by atoms with van der Waals surface area (Å²) in [6.45, 7) is 1.70. The number of aromatic nitrogens is 1. The summed E-state index contributed by atoms with van der Waals surface area (Å²) in [6.07, 6.45) is -2.03. The standard InChI is InChI=1S/C30H27F3N4O2S/c31-30(32,33)24-11-6-21(7-12-24)8-15-27(38)36-17-19-37(20-18-36)29(39)23-9-13-25(14-10-23)35-40-26-5-1-3-22-4-2-16-34-28(22)26/h1-7,9-14,16,35H,8,15,17-20H2. The molecule has 4 aromatic rings. The molecule has 1 fully saturated rings. The average molecular weight is 565 g/mol. The number of piperazine rings is 1. The predicted molar refractivity (Wildman–Crippen MR) is 150 cm³/mol. The van der Waals surface area contributed by atoms with Crippen molar-refractivity contribution in [3.05, 3.63) is 102 Å². The zero-order valence-electron chi connectivity index (χ0n) is 21.5. The summed E-state index contributed by atoms with van der Waals surface area (Å²) in [5, 5.41) is 1.07. The first-order valence-corrected chi connectivity index (χ1v) is 13.7. The second kappa shape index (κ2) is 12.0. The number of amides is 2. The summed E-state index contributed by atoms with van der Waals surface area (Å²) < 4.78 is 41.5. The van der Waals surface area contributed by atoms with Crippen molar-refractivity contribution in [2.75, 3.05) is 30.9 Å². The predicted octanol–water partition coefficient (Wildman–Crippen LogP) is 6.29. The van der Waals surface area contributed by atoms with E-state index in [1.807, 2.05) is 42.5 Å². The van der Waals surface area contributed by atoms with Gasteiger partial charge in [-0.15, -0.1) is 0 Å². The molecule has 0 saturated carbocycles. The number of fused-ring (bicyclic) bond motifs is 1. The molecule has 5 rings (SSSR count). The molecule has 0 aliphatic carbocycles. The number of halogens is 3. The third-order valence-corrected chi connectivity index (χ3v) is 7.72. The van der Waals surface area contributed by atoms with E-state index in [-0.39, 0.29) is 18.2 Å². The minimum atomic E-state index is -4.38. The number of carbonyl (C=O) groups is 2. The molecule has 0 radical (unpaired) electrons. The van der Waals surface area contributed by atoms with E-state index in [2.05, 4.69) is 9.71 Å². The lowest BCUT2D eigenvalue weighted by atomic mass is 10.1. The van der Waals surface area contributed by atoms with Crippen LogP contribution in [0.5, 0.6) is 0 Å². The van der Waals surface area contributed by atoms with Crippen molar-refractivity contribution in [1.29, 1.82) is 0 Å². The third kappa shape index (κ3) is 6.56. The van der Waals surface area contributed by atoms with Crippen LogP contribution in [-0.2, 0) is 17.4 Å². The molecule has 206 valence electrons. The summed E-state index contributed by atoms with van der Waals surface area (Å²) in [4.78, 5) is 34.6. The summed E-state index contributed by atoms with van der Waals surface area (Å²) in [5.41, 5.74) is 2.33. The van der Waals surface area contributed by atoms with E-state index in [9.17, 15) is 22.8 Å². The fourth-order valence-electron chi connectivity index (χ4n) is 4.56. The first kappa shape index (κ1) is 27.5. The van der Waals surface area contributed by atoms with Crippen LogP contribution in [0, 0.1) is 0 Å². The van der Waals surface area contributed by atoms with Crippen LogP contribution in [0.15, 0.2) is 90.0 Å². The fraction of sp³-hybridized carbons (Fsp3) is 0.233. The molecule has 3 aromatic carbocycles. The summed E-state index contributed by atoms with van der Waals surface area (Å²) >= 11 is 1.46. The van der Waals surface area contributed by atoms with Crippen molar-refractivity contribution in [1.82, 2.24) is 14.8 Å². The van der Waals surface area contributed by atoms with Gasteiger partial charge in [-0.05, 0) is 72.5 Å². The first-order valence-electron chi connectivity index (χ1n) is 12.9. The lowest BCUT2D eigenvalue weighted by molar-refractivity contribution is -0.137. The molecule has 40 heavy (non-hydrogen) atoms. The quantitative estimate of drug-likeness (QED) is 0.267. The number of anilines is 1. The number of hydrogen-bond donors (Lipinski definition) is 1. The van der Waals surface area contributed by atoms with Gasteiger partial charge in [0.1, 0.15) is 0 Å². The molecule has 10 heteroatoms. The molecule has 0 spiro atoms. The number of carbonyl (C=O) groups excluding carboxylic acids is 2. The number of benzene rings is 3. The molecular weight excluding hydrogens is 537 g/mol. The summed E-state index contributed by atoms with van der Waals surface area (Å²) in [6, 6.07) is 22.1. The number of nitrogens with zero attached hydrogens (tertiary/aromatic N) is 3. The number of pyridine rings is 1. The van der Waals surface area contributed by atoms with Crippen molar-refractivity contribution < 1.29 is 22.8 Å². The molecule has 0 unspecified atom stereocenters. The highest BCUT2D eigenvalue weighted by atomic mass is 32.2. The molecule has 1 N–H and O–H groups in total. The largest absolute Gasteiger partial charge is 0.416 e. The third-order valence-electron chi connectivity index (χ3n) is 6.83. The van der Waals surface area contributed by atoms with E-state index in [1.54, 1.807) is 28.1 Å². The van der Waals surface area contributed by atoms with E-state index >= 15 is 0 Å². The van der Waals surface area contributed by atoms with Gasteiger partial charge in [0.15, 0.2) is 0 Å². The van der Waals surface area contributed by atoms with Crippen molar-refractivity contribution in [2.45, 2.75) is 23.9 Å². The van der Waals surface area contributed by atoms with Gasteiger partial charge in [-0.1, -0.05) is 30.3 Å². The Bertz CT molecular complexity index is 1480. The average Bonchev–Trinajstić information content (AvgIpc) is 2.98. The SMILES string of the molecule is O=C(CCc1ccc(C(F)(F)F)cc1)N1CCN(C(=O)c2ccc(NSc3cccc4cccnc34)cc2)CC1. The van der Waals surface area contributed by atoms with Crippen LogP contribution in [0.25, 0.3) is 10.9 Å². The molecule has 6 nitrogen and oxygen atoms in total. The van der Waals surface area contributed by atoms with Crippen molar-refractivity contribution >= 4 is 40.4 Å². The van der Waals surface area contributed by atoms with Crippen LogP contribution < -0.4 is 4.72 Å². The maximum atomic E-state index is 13.0. The van der Waals surface area contributed by atoms with Crippen LogP contribution in [-0.4, -0.2) is 52.8 Å². The van der Waals surface area contributed by atoms with Crippen LogP contribution in [0.1, 0.15) is 27.9 Å². The van der Waals surface area contributed by atoms with Crippen molar-refractivity contribution in [2.24, 2.45) is 0 Å². The Kier molecular flexibility index (Phi) is 8.25. The van der Waals surface area contributed by atoms with Gasteiger partial charge in [-0.2, -0.15) is 13.2 Å². The molecule has 0 atom stereocenters. The second-order valence-corrected chi connectivity index (χ2v) is 10.3. The Labute approximate surface area is 234 Å². The van der Waals surface area contributed by atoms with Gasteiger partial charge in [0.25, 0.3) is 5.91 Å². The highest BCUT2D eigenvalue weighted by Gasteiger charge is 2.30. The van der Waals surface area contributed by atoms with Gasteiger partial charge in [0.2, 0.25) is 5.91 Å². The van der Waals surface area contributed by atoms with E-state index in [0.717, 1.165) is 33.6 Å². The zero-order chi connectivity index (χ0) is 28.1. The lowest BCUT2D eigenvalue weighted by Crippen LogP contribution is -2.50. The Balaban J connectivity index is 1.09. The lowest BCUT2D eigenvalue weighted by Gasteiger charge is -2.35. The molecule has 1 aliphatic heterocycles. The number of aryl methyl sites for hydroxylation is 1. The van der Waals surface area contributed by atoms with Gasteiger partial charge in [0, 0.05) is 55.4 Å². The summed E-state index contributed by atoms with van der Waals surface area (Å²) in [5.74, 6) is -0.157. The van der Waals surface area contributed by atoms with E-state index in [4.69, 9.17) is 0 Å². The monoisotopic (exact) mass is 564 g/mol. The molecule has 1 aromatic heterocycles. The Morgan fingerprint density at radius 1 is 0.850 bits per heavy atom. The second-order valence-electron chi connectivity index (χ2n) is 9.48. The van der Waals surface area contributed by atoms with E-state index in [0.29, 0.717) is 43.7 Å². The normalized spacial score (nSPS) is 13.9. The number of hydrogen-bond acceptors (Lipinski definition) is 5. The molecular formula is C30H27F3N4O2S. The van der Waals surface area contributed by atoms with Gasteiger partial charge in [-0.3, -0.25) is 14.6 Å². The Hall–Kier alpha value is -4.05. The molecule has 1 saturated heterocycles. The maximum Gasteiger partial charge on any atom is 0.416 e. The van der Waals surface area contributed by atoms with Crippen LogP contribution in [0.4, 0.5) is 18.9 Å². The number of para-hydroxylation sites is 1. The summed E-state index contributed by atoms with van der Waals surface area (Å²) in [7, 11) is 0. The van der Waals surface area contributed by atoms with E-state index < -0.39 is 11.7 Å². The minimum absolute atomic E-state index is 0.0682. The number of nitrogens with one attached hydrogen (secondary N) is 1. The molecule has 2 amide bonds. The highest BCUT2D eigenvalue weighted by Crippen LogP contribution is 2.30. The van der Waals surface area contributed by atoms with Crippen LogP contribution >= 0.6 is 11.9 Å². The fourth-order valence-corrected chi connectivity index (χ4v) is 5.34. The molecule has 0 bridgehead atoms. The smallest absolute Gasteiger partial charge is 0.339 e. The van der Waals surface area contributed by atoms with Crippen molar-refractivity contribution in [3.63, 3.8) is 0 Å². The van der Waals surface area contributed by atoms with Gasteiger partial charge in [0.05, 0.1) is 16.0 Å². The molecule has 1 aliphatic rings. The van der Waals surface area contributed by atoms with Gasteiger partial charge in [-0.25, -0.2) is 0 Å². The number of rotatable bonds is 7. The van der Waals surface area contributed by atoms with Gasteiger partial charge >= 0.3 is 6.18 Å². The molecule has 2 heterocycles. The minimum Gasteiger partial charge on any atom is -0.339 e. The van der Waals surface area contributed by atoms with E-state index in [1.165, 1.54) is 24.1 Å².